The number of hydrogen-bond donors (Lipinski definition) is 1. The van der Waals surface area contributed by atoms with Crippen molar-refractivity contribution < 1.29 is 12.8 Å². The van der Waals surface area contributed by atoms with Gasteiger partial charge < -0.3 is 4.42 Å². The first-order valence-corrected chi connectivity index (χ1v) is 7.88. The molecule has 1 N–H and O–H groups in total. The van der Waals surface area contributed by atoms with Gasteiger partial charge in [-0.05, 0) is 24.6 Å². The molecule has 0 fully saturated rings. The summed E-state index contributed by atoms with van der Waals surface area (Å²) in [4.78, 5) is 4.08. The Morgan fingerprint density at radius 1 is 1.43 bits per heavy atom. The third-order valence-electron chi connectivity index (χ3n) is 2.97. The summed E-state index contributed by atoms with van der Waals surface area (Å²) in [5, 5.41) is 8.87. The van der Waals surface area contributed by atoms with Gasteiger partial charge in [0.1, 0.15) is 5.76 Å². The van der Waals surface area contributed by atoms with Crippen molar-refractivity contribution in [2.75, 3.05) is 0 Å². The van der Waals surface area contributed by atoms with Gasteiger partial charge in [-0.15, -0.1) is 0 Å². The highest BCUT2D eigenvalue weighted by Gasteiger charge is 2.18. The largest absolute Gasteiger partial charge is 0.444 e. The molecule has 1 heterocycles. The van der Waals surface area contributed by atoms with Crippen molar-refractivity contribution in [1.82, 2.24) is 9.71 Å². The fraction of sp³-hybridized carbons (Fsp3) is 0.286. The molecule has 0 saturated heterocycles. The standard InChI is InChI=1S/C14H15N3O3S/c1-3-12-8-16-14(20-12)9-17-21(18,19)13-6-11(7-15)5-4-10(13)2/h4-6,8,17H,3,9H2,1-2H3. The lowest BCUT2D eigenvalue weighted by Gasteiger charge is -2.08. The average Bonchev–Trinajstić information content (AvgIpc) is 2.94. The zero-order valence-corrected chi connectivity index (χ0v) is 12.6. The molecule has 0 aliphatic heterocycles. The number of aromatic nitrogens is 1. The quantitative estimate of drug-likeness (QED) is 0.910. The number of oxazole rings is 1. The fourth-order valence-corrected chi connectivity index (χ4v) is 3.03. The van der Waals surface area contributed by atoms with Gasteiger partial charge in [-0.25, -0.2) is 18.1 Å². The van der Waals surface area contributed by atoms with Crippen LogP contribution < -0.4 is 4.72 Å². The lowest BCUT2D eigenvalue weighted by atomic mass is 10.2. The van der Waals surface area contributed by atoms with Crippen LogP contribution in [0.1, 0.15) is 29.7 Å². The van der Waals surface area contributed by atoms with Crippen LogP contribution in [0, 0.1) is 18.3 Å². The molecule has 0 saturated carbocycles. The van der Waals surface area contributed by atoms with E-state index in [0.717, 1.165) is 0 Å². The van der Waals surface area contributed by atoms with E-state index in [0.29, 0.717) is 29.2 Å². The fourth-order valence-electron chi connectivity index (χ4n) is 1.79. The first-order chi connectivity index (χ1) is 9.96. The van der Waals surface area contributed by atoms with Crippen molar-refractivity contribution in [2.45, 2.75) is 31.7 Å². The number of aryl methyl sites for hydroxylation is 2. The molecule has 0 bridgehead atoms. The summed E-state index contributed by atoms with van der Waals surface area (Å²) < 4.78 is 32.3. The number of hydrogen-bond acceptors (Lipinski definition) is 5. The van der Waals surface area contributed by atoms with Crippen LogP contribution in [0.5, 0.6) is 0 Å². The van der Waals surface area contributed by atoms with Crippen LogP contribution in [0.15, 0.2) is 33.7 Å². The van der Waals surface area contributed by atoms with Crippen LogP contribution in [0.3, 0.4) is 0 Å². The summed E-state index contributed by atoms with van der Waals surface area (Å²) in [7, 11) is -3.72. The van der Waals surface area contributed by atoms with Crippen molar-refractivity contribution in [3.8, 4) is 6.07 Å². The number of nitrogens with one attached hydrogen (secondary N) is 1. The Kier molecular flexibility index (Phi) is 4.40. The van der Waals surface area contributed by atoms with Gasteiger partial charge in [0, 0.05) is 6.42 Å². The predicted octanol–water partition coefficient (Wildman–Crippen LogP) is 1.90. The number of rotatable bonds is 5. The topological polar surface area (TPSA) is 96.0 Å². The Balaban J connectivity index is 2.20. The van der Waals surface area contributed by atoms with Gasteiger partial charge in [0.05, 0.1) is 29.3 Å². The molecule has 6 nitrogen and oxygen atoms in total. The van der Waals surface area contributed by atoms with Crippen molar-refractivity contribution in [3.63, 3.8) is 0 Å². The maximum atomic E-state index is 12.3. The van der Waals surface area contributed by atoms with Crippen LogP contribution in [-0.2, 0) is 23.0 Å². The molecule has 0 radical (unpaired) electrons. The van der Waals surface area contributed by atoms with Crippen molar-refractivity contribution in [2.24, 2.45) is 0 Å². The lowest BCUT2D eigenvalue weighted by Crippen LogP contribution is -2.24. The maximum absolute atomic E-state index is 12.3. The molecule has 0 unspecified atom stereocenters. The monoisotopic (exact) mass is 305 g/mol. The van der Waals surface area contributed by atoms with E-state index in [1.165, 1.54) is 6.07 Å². The van der Waals surface area contributed by atoms with E-state index in [1.54, 1.807) is 25.3 Å². The molecule has 7 heteroatoms. The zero-order valence-electron chi connectivity index (χ0n) is 11.8. The van der Waals surface area contributed by atoms with Gasteiger partial charge in [0.2, 0.25) is 15.9 Å². The van der Waals surface area contributed by atoms with E-state index >= 15 is 0 Å². The molecule has 1 aromatic heterocycles. The second kappa shape index (κ2) is 6.08. The molecule has 110 valence electrons. The highest BCUT2D eigenvalue weighted by Crippen LogP contribution is 2.17. The zero-order chi connectivity index (χ0) is 15.5. The summed E-state index contributed by atoms with van der Waals surface area (Å²) in [5.41, 5.74) is 0.869. The lowest BCUT2D eigenvalue weighted by molar-refractivity contribution is 0.452. The van der Waals surface area contributed by atoms with E-state index in [9.17, 15) is 8.42 Å². The van der Waals surface area contributed by atoms with E-state index in [-0.39, 0.29) is 11.4 Å². The van der Waals surface area contributed by atoms with E-state index in [4.69, 9.17) is 9.68 Å². The first kappa shape index (κ1) is 15.2. The minimum absolute atomic E-state index is 0.0292. The van der Waals surface area contributed by atoms with Crippen molar-refractivity contribution in [1.29, 1.82) is 5.26 Å². The third kappa shape index (κ3) is 3.48. The summed E-state index contributed by atoms with van der Waals surface area (Å²) in [6.45, 7) is 3.57. The Hall–Kier alpha value is -2.17. The Morgan fingerprint density at radius 3 is 2.81 bits per heavy atom. The van der Waals surface area contributed by atoms with Gasteiger partial charge in [-0.3, -0.25) is 0 Å². The van der Waals surface area contributed by atoms with Gasteiger partial charge in [-0.2, -0.15) is 5.26 Å². The van der Waals surface area contributed by atoms with Gasteiger partial charge in [-0.1, -0.05) is 13.0 Å². The number of nitriles is 1. The first-order valence-electron chi connectivity index (χ1n) is 6.40. The molecule has 0 atom stereocenters. The smallest absolute Gasteiger partial charge is 0.241 e. The van der Waals surface area contributed by atoms with Gasteiger partial charge in [0.15, 0.2) is 0 Å². The van der Waals surface area contributed by atoms with E-state index < -0.39 is 10.0 Å². The van der Waals surface area contributed by atoms with Crippen LogP contribution in [0.2, 0.25) is 0 Å². The average molecular weight is 305 g/mol. The SMILES string of the molecule is CCc1cnc(CNS(=O)(=O)c2cc(C#N)ccc2C)o1. The molecular weight excluding hydrogens is 290 g/mol. The molecule has 21 heavy (non-hydrogen) atoms. The second-order valence-corrected chi connectivity index (χ2v) is 6.23. The minimum atomic E-state index is -3.72. The third-order valence-corrected chi connectivity index (χ3v) is 4.51. The Morgan fingerprint density at radius 2 is 2.19 bits per heavy atom. The highest BCUT2D eigenvalue weighted by atomic mass is 32.2. The minimum Gasteiger partial charge on any atom is -0.444 e. The van der Waals surface area contributed by atoms with Gasteiger partial charge in [0.25, 0.3) is 0 Å². The van der Waals surface area contributed by atoms with Gasteiger partial charge >= 0.3 is 0 Å². The van der Waals surface area contributed by atoms with Crippen molar-refractivity contribution >= 4 is 10.0 Å². The normalized spacial score (nSPS) is 11.3. The van der Waals surface area contributed by atoms with Crippen LogP contribution in [0.4, 0.5) is 0 Å². The van der Waals surface area contributed by atoms with E-state index in [2.05, 4.69) is 9.71 Å². The number of benzene rings is 1. The molecule has 2 rings (SSSR count). The molecule has 0 aliphatic carbocycles. The summed E-state index contributed by atoms with van der Waals surface area (Å²) in [6.07, 6.45) is 2.27. The Labute approximate surface area is 123 Å². The molecule has 1 aromatic carbocycles. The van der Waals surface area contributed by atoms with Crippen LogP contribution in [-0.4, -0.2) is 13.4 Å². The second-order valence-electron chi connectivity index (χ2n) is 4.49. The molecule has 0 spiro atoms. The molecule has 0 amide bonds. The number of sulfonamides is 1. The predicted molar refractivity (Wildman–Crippen MR) is 75.8 cm³/mol. The van der Waals surface area contributed by atoms with Crippen molar-refractivity contribution in [3.05, 3.63) is 47.2 Å². The van der Waals surface area contributed by atoms with E-state index in [1.807, 2.05) is 13.0 Å². The summed E-state index contributed by atoms with van der Waals surface area (Å²) in [6, 6.07) is 6.46. The van der Waals surface area contributed by atoms with Crippen LogP contribution in [0.25, 0.3) is 0 Å². The maximum Gasteiger partial charge on any atom is 0.241 e. The molecule has 2 aromatic rings. The number of nitrogens with zero attached hydrogens (tertiary/aromatic N) is 2. The molecular formula is C14H15N3O3S. The van der Waals surface area contributed by atoms with Crippen LogP contribution >= 0.6 is 0 Å². The highest BCUT2D eigenvalue weighted by molar-refractivity contribution is 7.89. The summed E-state index contributed by atoms with van der Waals surface area (Å²) in [5.74, 6) is 1.01. The summed E-state index contributed by atoms with van der Waals surface area (Å²) >= 11 is 0. The molecule has 0 aliphatic rings. The Bertz CT molecular complexity index is 788.